The fourth-order valence-corrected chi connectivity index (χ4v) is 5.69. The van der Waals surface area contributed by atoms with Crippen LogP contribution in [0.1, 0.15) is 37.8 Å². The summed E-state index contributed by atoms with van der Waals surface area (Å²) in [6.45, 7) is 1.74. The standard InChI is InChI=1S/C31H33FN2O6/c1-18-23(11-6-12-26(18)32)28-24(29(37)19-7-4-9-21(35)13-19)15-34(27(31(39)40)17-33(2)3)16-25(28)30(38)20-8-5-10-22(36)14-20/h4-14,24-25,27-28,35-36H,15-17H2,1-3H3,(H,39,40). The second-order valence-electron chi connectivity index (χ2n) is 10.6. The van der Waals surface area contributed by atoms with Crippen LogP contribution in [0.2, 0.25) is 0 Å². The molecule has 1 aliphatic heterocycles. The number of likely N-dealkylation sites (tertiary alicyclic amines) is 1. The van der Waals surface area contributed by atoms with Crippen LogP contribution in [0.4, 0.5) is 4.39 Å². The molecule has 0 saturated carbocycles. The van der Waals surface area contributed by atoms with Crippen LogP contribution in [-0.4, -0.2) is 82.4 Å². The van der Waals surface area contributed by atoms with E-state index in [9.17, 15) is 34.1 Å². The van der Waals surface area contributed by atoms with Crippen molar-refractivity contribution in [2.75, 3.05) is 33.7 Å². The van der Waals surface area contributed by atoms with Gasteiger partial charge in [0.1, 0.15) is 23.4 Å². The molecule has 3 aromatic carbocycles. The monoisotopic (exact) mass is 548 g/mol. The van der Waals surface area contributed by atoms with Crippen molar-refractivity contribution in [3.63, 3.8) is 0 Å². The maximum atomic E-state index is 14.9. The van der Waals surface area contributed by atoms with Gasteiger partial charge in [-0.05, 0) is 62.5 Å². The van der Waals surface area contributed by atoms with Gasteiger partial charge in [-0.3, -0.25) is 19.3 Å². The number of likely N-dealkylation sites (N-methyl/N-ethyl adjacent to an activating group) is 1. The normalized spacial score (nSPS) is 20.3. The number of rotatable bonds is 9. The van der Waals surface area contributed by atoms with Gasteiger partial charge in [0.2, 0.25) is 0 Å². The van der Waals surface area contributed by atoms with Gasteiger partial charge < -0.3 is 20.2 Å². The number of benzene rings is 3. The van der Waals surface area contributed by atoms with Gasteiger partial charge in [-0.15, -0.1) is 0 Å². The zero-order valence-corrected chi connectivity index (χ0v) is 22.6. The molecule has 3 aromatic rings. The lowest BCUT2D eigenvalue weighted by Gasteiger charge is -2.45. The van der Waals surface area contributed by atoms with Crippen LogP contribution >= 0.6 is 0 Å². The third-order valence-electron chi connectivity index (χ3n) is 7.60. The first-order valence-corrected chi connectivity index (χ1v) is 13.0. The molecule has 0 bridgehead atoms. The van der Waals surface area contributed by atoms with Crippen LogP contribution in [0, 0.1) is 24.6 Å². The van der Waals surface area contributed by atoms with Crippen LogP contribution in [0.3, 0.4) is 0 Å². The number of carbonyl (C=O) groups excluding carboxylic acids is 2. The zero-order valence-electron chi connectivity index (χ0n) is 22.6. The number of Topliss-reactive ketones (excluding diaryl/α,β-unsaturated/α-hetero) is 2. The zero-order chi connectivity index (χ0) is 29.1. The van der Waals surface area contributed by atoms with Crippen LogP contribution in [0.15, 0.2) is 66.7 Å². The topological polar surface area (TPSA) is 118 Å². The number of carboxylic acid groups (broad SMARTS) is 1. The molecule has 0 radical (unpaired) electrons. The summed E-state index contributed by atoms with van der Waals surface area (Å²) in [5.74, 6) is -5.26. The number of halogens is 1. The van der Waals surface area contributed by atoms with Gasteiger partial charge in [-0.25, -0.2) is 4.39 Å². The summed E-state index contributed by atoms with van der Waals surface area (Å²) in [6.07, 6.45) is 0. The van der Waals surface area contributed by atoms with E-state index in [2.05, 4.69) is 0 Å². The van der Waals surface area contributed by atoms with E-state index in [0.717, 1.165) is 0 Å². The lowest BCUT2D eigenvalue weighted by molar-refractivity contribution is -0.145. The Morgan fingerprint density at radius 3 is 1.85 bits per heavy atom. The van der Waals surface area contributed by atoms with Crippen molar-refractivity contribution < 1.29 is 34.1 Å². The Balaban J connectivity index is 1.92. The van der Waals surface area contributed by atoms with Gasteiger partial charge in [-0.1, -0.05) is 36.4 Å². The van der Waals surface area contributed by atoms with Gasteiger partial charge in [-0.2, -0.15) is 0 Å². The first-order chi connectivity index (χ1) is 19.0. The van der Waals surface area contributed by atoms with Crippen molar-refractivity contribution in [1.82, 2.24) is 9.80 Å². The Bertz CT molecular complexity index is 1360. The maximum absolute atomic E-state index is 14.9. The number of carboxylic acids is 1. The number of carbonyl (C=O) groups is 3. The number of phenolic OH excluding ortho intramolecular Hbond substituents is 2. The summed E-state index contributed by atoms with van der Waals surface area (Å²) < 4.78 is 14.9. The highest BCUT2D eigenvalue weighted by Gasteiger charge is 2.48. The van der Waals surface area contributed by atoms with Crippen molar-refractivity contribution in [2.24, 2.45) is 11.8 Å². The molecule has 0 aliphatic carbocycles. The maximum Gasteiger partial charge on any atom is 0.322 e. The SMILES string of the molecule is Cc1c(F)cccc1C1C(C(=O)c2cccc(O)c2)CN(C(CN(C)C)C(=O)O)CC1C(=O)c1cccc(O)c1. The van der Waals surface area contributed by atoms with Gasteiger partial charge in [0.25, 0.3) is 0 Å². The first kappa shape index (κ1) is 28.9. The van der Waals surface area contributed by atoms with E-state index in [1.807, 2.05) is 0 Å². The lowest BCUT2D eigenvalue weighted by atomic mass is 9.67. The molecule has 40 heavy (non-hydrogen) atoms. The Morgan fingerprint density at radius 2 is 1.40 bits per heavy atom. The Kier molecular flexibility index (Phi) is 8.66. The number of hydrogen-bond acceptors (Lipinski definition) is 7. The average molecular weight is 549 g/mol. The summed E-state index contributed by atoms with van der Waals surface area (Å²) in [4.78, 5) is 44.0. The molecule has 1 fully saturated rings. The predicted molar refractivity (Wildman–Crippen MR) is 147 cm³/mol. The second-order valence-corrected chi connectivity index (χ2v) is 10.6. The Labute approximate surface area is 232 Å². The van der Waals surface area contributed by atoms with Crippen LogP contribution < -0.4 is 0 Å². The van der Waals surface area contributed by atoms with E-state index in [1.54, 1.807) is 49.0 Å². The molecule has 1 heterocycles. The number of ketones is 2. The van der Waals surface area contributed by atoms with Crippen molar-refractivity contribution >= 4 is 17.5 Å². The number of aromatic hydroxyl groups is 2. The summed E-state index contributed by atoms with van der Waals surface area (Å²) in [5.41, 5.74) is 1.19. The van der Waals surface area contributed by atoms with Crippen molar-refractivity contribution in [2.45, 2.75) is 18.9 Å². The minimum absolute atomic E-state index is 0.00371. The molecule has 0 aromatic heterocycles. The van der Waals surface area contributed by atoms with E-state index in [1.165, 1.54) is 48.5 Å². The van der Waals surface area contributed by atoms with Crippen molar-refractivity contribution in [1.29, 1.82) is 0 Å². The number of nitrogens with zero attached hydrogens (tertiary/aromatic N) is 2. The van der Waals surface area contributed by atoms with Crippen LogP contribution in [-0.2, 0) is 4.79 Å². The molecular weight excluding hydrogens is 515 g/mol. The van der Waals surface area contributed by atoms with Crippen molar-refractivity contribution in [3.8, 4) is 11.5 Å². The molecular formula is C31H33FN2O6. The summed E-state index contributed by atoms with van der Waals surface area (Å²) in [7, 11) is 3.48. The number of hydrogen-bond donors (Lipinski definition) is 3. The minimum atomic E-state index is -1.10. The highest BCUT2D eigenvalue weighted by atomic mass is 19.1. The predicted octanol–water partition coefficient (Wildman–Crippen LogP) is 3.96. The lowest BCUT2D eigenvalue weighted by Crippen LogP contribution is -2.57. The molecule has 4 rings (SSSR count). The average Bonchev–Trinajstić information content (AvgIpc) is 2.91. The number of phenols is 2. The van der Waals surface area contributed by atoms with Crippen LogP contribution in [0.25, 0.3) is 0 Å². The molecule has 210 valence electrons. The van der Waals surface area contributed by atoms with E-state index < -0.39 is 47.1 Å². The molecule has 3 N–H and O–H groups in total. The molecule has 0 amide bonds. The smallest absolute Gasteiger partial charge is 0.322 e. The first-order valence-electron chi connectivity index (χ1n) is 13.0. The number of aliphatic carboxylic acids is 1. The third kappa shape index (κ3) is 6.05. The van der Waals surface area contributed by atoms with Gasteiger partial charge in [0, 0.05) is 48.5 Å². The molecule has 3 atom stereocenters. The fraction of sp³-hybridized carbons (Fsp3) is 0.323. The van der Waals surface area contributed by atoms with Crippen molar-refractivity contribution in [3.05, 3.63) is 94.8 Å². The fourth-order valence-electron chi connectivity index (χ4n) is 5.69. The second kappa shape index (κ2) is 12.0. The molecule has 9 heteroatoms. The largest absolute Gasteiger partial charge is 0.508 e. The van der Waals surface area contributed by atoms with E-state index in [0.29, 0.717) is 11.1 Å². The van der Waals surface area contributed by atoms with Crippen LogP contribution in [0.5, 0.6) is 11.5 Å². The molecule has 1 saturated heterocycles. The summed E-state index contributed by atoms with van der Waals surface area (Å²) >= 11 is 0. The number of piperidine rings is 1. The quantitative estimate of drug-likeness (QED) is 0.344. The Hall–Kier alpha value is -4.08. The highest BCUT2D eigenvalue weighted by molar-refractivity contribution is 6.02. The Morgan fingerprint density at radius 1 is 0.900 bits per heavy atom. The van der Waals surface area contributed by atoms with E-state index >= 15 is 0 Å². The van der Waals surface area contributed by atoms with E-state index in [-0.39, 0.29) is 42.3 Å². The molecule has 1 aliphatic rings. The molecule has 0 spiro atoms. The summed E-state index contributed by atoms with van der Waals surface area (Å²) in [5, 5.41) is 30.3. The van der Waals surface area contributed by atoms with Gasteiger partial charge in [0.15, 0.2) is 11.6 Å². The van der Waals surface area contributed by atoms with Gasteiger partial charge >= 0.3 is 5.97 Å². The van der Waals surface area contributed by atoms with E-state index in [4.69, 9.17) is 0 Å². The van der Waals surface area contributed by atoms with Gasteiger partial charge in [0.05, 0.1) is 0 Å². The third-order valence-corrected chi connectivity index (χ3v) is 7.60. The molecule has 3 unspecified atom stereocenters. The molecule has 8 nitrogen and oxygen atoms in total. The summed E-state index contributed by atoms with van der Waals surface area (Å²) in [6, 6.07) is 15.2. The highest BCUT2D eigenvalue weighted by Crippen LogP contribution is 2.43. The minimum Gasteiger partial charge on any atom is -0.508 e.